The van der Waals surface area contributed by atoms with Gasteiger partial charge in [0.05, 0.1) is 12.2 Å². The molecule has 1 fully saturated rings. The molecule has 20 heavy (non-hydrogen) atoms. The Morgan fingerprint density at radius 3 is 2.50 bits per heavy atom. The van der Waals surface area contributed by atoms with Gasteiger partial charge in [-0.3, -0.25) is 0 Å². The van der Waals surface area contributed by atoms with Gasteiger partial charge in [0.1, 0.15) is 11.6 Å². The summed E-state index contributed by atoms with van der Waals surface area (Å²) in [5.74, 6) is 2.39. The number of nitrogens with zero attached hydrogens (tertiary/aromatic N) is 2. The molecule has 1 aliphatic rings. The van der Waals surface area contributed by atoms with Crippen LogP contribution in [0.4, 0.5) is 5.82 Å². The molecule has 1 aromatic rings. The molecular formula is C15H25N3O2. The van der Waals surface area contributed by atoms with Crippen molar-refractivity contribution < 1.29 is 9.47 Å². The average Bonchev–Trinajstić information content (AvgIpc) is 2.40. The molecule has 1 aromatic heterocycles. The number of hydrogen-bond donors (Lipinski definition) is 1. The second-order valence-corrected chi connectivity index (χ2v) is 6.48. The second kappa shape index (κ2) is 5.95. The minimum atomic E-state index is -0.140. The summed E-state index contributed by atoms with van der Waals surface area (Å²) in [6, 6.07) is 0. The van der Waals surface area contributed by atoms with Crippen molar-refractivity contribution in [2.75, 3.05) is 25.6 Å². The zero-order valence-electron chi connectivity index (χ0n) is 12.9. The number of hydrogen-bond acceptors (Lipinski definition) is 5. The summed E-state index contributed by atoms with van der Waals surface area (Å²) in [5, 5.41) is 0. The van der Waals surface area contributed by atoms with E-state index in [0.29, 0.717) is 24.2 Å². The molecule has 2 heterocycles. The maximum absolute atomic E-state index is 5.98. The summed E-state index contributed by atoms with van der Waals surface area (Å²) in [7, 11) is 0. The molecular weight excluding hydrogens is 254 g/mol. The molecule has 0 aliphatic carbocycles. The summed E-state index contributed by atoms with van der Waals surface area (Å²) in [6.07, 6.45) is 2.09. The van der Waals surface area contributed by atoms with Crippen LogP contribution in [0, 0.1) is 12.8 Å². The molecule has 0 radical (unpaired) electrons. The van der Waals surface area contributed by atoms with E-state index >= 15 is 0 Å². The normalized spacial score (nSPS) is 17.2. The van der Waals surface area contributed by atoms with E-state index in [1.165, 1.54) is 0 Å². The van der Waals surface area contributed by atoms with Gasteiger partial charge in [-0.25, -0.2) is 4.98 Å². The molecule has 0 amide bonds. The standard InChI is InChI=1S/C15H25N3O2/c1-10-12(16)17-14(15(2,3)4)18-13(10)20-9-11-5-7-19-8-6-11/h11H,5-9H2,1-4H3,(H2,16,17,18). The molecule has 2 rings (SSSR count). The van der Waals surface area contributed by atoms with Crippen molar-refractivity contribution in [1.82, 2.24) is 9.97 Å². The Kier molecular flexibility index (Phi) is 4.48. The summed E-state index contributed by atoms with van der Waals surface area (Å²) in [4.78, 5) is 8.91. The van der Waals surface area contributed by atoms with E-state index < -0.39 is 0 Å². The first kappa shape index (κ1) is 15.0. The smallest absolute Gasteiger partial charge is 0.221 e. The van der Waals surface area contributed by atoms with Crippen LogP contribution in [0.3, 0.4) is 0 Å². The Labute approximate surface area is 120 Å². The Morgan fingerprint density at radius 2 is 1.90 bits per heavy atom. The van der Waals surface area contributed by atoms with Gasteiger partial charge in [-0.2, -0.15) is 4.98 Å². The molecule has 5 heteroatoms. The fraction of sp³-hybridized carbons (Fsp3) is 0.733. The minimum absolute atomic E-state index is 0.140. The molecule has 0 spiro atoms. The SMILES string of the molecule is Cc1c(N)nc(C(C)(C)C)nc1OCC1CCOCC1. The van der Waals surface area contributed by atoms with E-state index in [0.717, 1.165) is 37.4 Å². The summed E-state index contributed by atoms with van der Waals surface area (Å²) in [6.45, 7) is 10.4. The van der Waals surface area contributed by atoms with Crippen LogP contribution in [0.25, 0.3) is 0 Å². The number of nitrogen functional groups attached to an aromatic ring is 1. The van der Waals surface area contributed by atoms with Gasteiger partial charge < -0.3 is 15.2 Å². The Bertz CT molecular complexity index is 463. The predicted molar refractivity (Wildman–Crippen MR) is 78.9 cm³/mol. The van der Waals surface area contributed by atoms with Gasteiger partial charge >= 0.3 is 0 Å². The van der Waals surface area contributed by atoms with Crippen LogP contribution in [-0.2, 0) is 10.2 Å². The van der Waals surface area contributed by atoms with Crippen LogP contribution in [0.5, 0.6) is 5.88 Å². The van der Waals surface area contributed by atoms with Crippen LogP contribution in [0.1, 0.15) is 45.0 Å². The molecule has 0 saturated carbocycles. The van der Waals surface area contributed by atoms with Crippen LogP contribution in [0.2, 0.25) is 0 Å². The lowest BCUT2D eigenvalue weighted by Gasteiger charge is -2.23. The summed E-state index contributed by atoms with van der Waals surface area (Å²) >= 11 is 0. The Balaban J connectivity index is 2.11. The van der Waals surface area contributed by atoms with E-state index in [9.17, 15) is 0 Å². The van der Waals surface area contributed by atoms with Crippen molar-refractivity contribution in [3.05, 3.63) is 11.4 Å². The molecule has 0 aromatic carbocycles. The van der Waals surface area contributed by atoms with E-state index in [4.69, 9.17) is 15.2 Å². The third-order valence-corrected chi connectivity index (χ3v) is 3.61. The van der Waals surface area contributed by atoms with E-state index in [-0.39, 0.29) is 5.41 Å². The lowest BCUT2D eigenvalue weighted by atomic mass is 9.95. The third kappa shape index (κ3) is 3.60. The van der Waals surface area contributed by atoms with Crippen LogP contribution >= 0.6 is 0 Å². The molecule has 0 unspecified atom stereocenters. The van der Waals surface area contributed by atoms with Gasteiger partial charge in [0.15, 0.2) is 0 Å². The fourth-order valence-electron chi connectivity index (χ4n) is 2.10. The number of nitrogens with two attached hydrogens (primary N) is 1. The first-order valence-electron chi connectivity index (χ1n) is 7.23. The van der Waals surface area contributed by atoms with E-state index in [1.54, 1.807) is 0 Å². The Morgan fingerprint density at radius 1 is 1.25 bits per heavy atom. The second-order valence-electron chi connectivity index (χ2n) is 6.48. The van der Waals surface area contributed by atoms with Gasteiger partial charge in [0, 0.05) is 18.6 Å². The molecule has 2 N–H and O–H groups in total. The van der Waals surface area contributed by atoms with Crippen molar-refractivity contribution in [2.45, 2.75) is 46.0 Å². The molecule has 1 aliphatic heterocycles. The maximum atomic E-state index is 5.98. The minimum Gasteiger partial charge on any atom is -0.477 e. The zero-order valence-corrected chi connectivity index (χ0v) is 12.9. The number of aromatic nitrogens is 2. The molecule has 0 atom stereocenters. The van der Waals surface area contributed by atoms with Crippen molar-refractivity contribution in [3.8, 4) is 5.88 Å². The zero-order chi connectivity index (χ0) is 14.8. The van der Waals surface area contributed by atoms with E-state index in [1.807, 2.05) is 6.92 Å². The van der Waals surface area contributed by atoms with Crippen LogP contribution in [-0.4, -0.2) is 29.8 Å². The quantitative estimate of drug-likeness (QED) is 0.920. The lowest BCUT2D eigenvalue weighted by Crippen LogP contribution is -2.23. The van der Waals surface area contributed by atoms with Crippen molar-refractivity contribution in [3.63, 3.8) is 0 Å². The van der Waals surface area contributed by atoms with Gasteiger partial charge in [-0.15, -0.1) is 0 Å². The topological polar surface area (TPSA) is 70.3 Å². The highest BCUT2D eigenvalue weighted by molar-refractivity contribution is 5.45. The first-order chi connectivity index (χ1) is 9.38. The van der Waals surface area contributed by atoms with Gasteiger partial charge in [-0.05, 0) is 25.7 Å². The van der Waals surface area contributed by atoms with Crippen LogP contribution in [0.15, 0.2) is 0 Å². The summed E-state index contributed by atoms with van der Waals surface area (Å²) < 4.78 is 11.3. The number of rotatable bonds is 3. The van der Waals surface area contributed by atoms with Gasteiger partial charge in [0.2, 0.25) is 5.88 Å². The molecule has 0 bridgehead atoms. The monoisotopic (exact) mass is 279 g/mol. The number of ether oxygens (including phenoxy) is 2. The fourth-order valence-corrected chi connectivity index (χ4v) is 2.10. The van der Waals surface area contributed by atoms with Crippen molar-refractivity contribution >= 4 is 5.82 Å². The third-order valence-electron chi connectivity index (χ3n) is 3.61. The van der Waals surface area contributed by atoms with Crippen LogP contribution < -0.4 is 10.5 Å². The van der Waals surface area contributed by atoms with Crippen molar-refractivity contribution in [1.29, 1.82) is 0 Å². The van der Waals surface area contributed by atoms with E-state index in [2.05, 4.69) is 30.7 Å². The lowest BCUT2D eigenvalue weighted by molar-refractivity contribution is 0.0488. The highest BCUT2D eigenvalue weighted by atomic mass is 16.5. The summed E-state index contributed by atoms with van der Waals surface area (Å²) in [5.41, 5.74) is 6.66. The molecule has 112 valence electrons. The molecule has 5 nitrogen and oxygen atoms in total. The van der Waals surface area contributed by atoms with Gasteiger partial charge in [-0.1, -0.05) is 20.8 Å². The predicted octanol–water partition coefficient (Wildman–Crippen LogP) is 2.47. The highest BCUT2D eigenvalue weighted by Gasteiger charge is 2.22. The van der Waals surface area contributed by atoms with Crippen molar-refractivity contribution in [2.24, 2.45) is 5.92 Å². The molecule has 1 saturated heterocycles. The maximum Gasteiger partial charge on any atom is 0.221 e. The largest absolute Gasteiger partial charge is 0.477 e. The number of anilines is 1. The average molecular weight is 279 g/mol. The first-order valence-corrected chi connectivity index (χ1v) is 7.23. The van der Waals surface area contributed by atoms with Gasteiger partial charge in [0.25, 0.3) is 0 Å². The highest BCUT2D eigenvalue weighted by Crippen LogP contribution is 2.27. The Hall–Kier alpha value is -1.36.